The monoisotopic (exact) mass is 293 g/mol. The molecule has 106 valence electrons. The predicted octanol–water partition coefficient (Wildman–Crippen LogP) is 4.20. The maximum atomic E-state index is 12.6. The molecular formula is C13H15ClF3NO. The van der Waals surface area contributed by atoms with E-state index in [0.717, 1.165) is 18.6 Å². The van der Waals surface area contributed by atoms with Crippen LogP contribution < -0.4 is 5.32 Å². The first-order valence-corrected chi connectivity index (χ1v) is 6.47. The zero-order valence-corrected chi connectivity index (χ0v) is 11.2. The highest BCUT2D eigenvalue weighted by molar-refractivity contribution is 6.33. The zero-order chi connectivity index (χ0) is 14.0. The van der Waals surface area contributed by atoms with Crippen LogP contribution in [0.5, 0.6) is 0 Å². The van der Waals surface area contributed by atoms with Gasteiger partial charge in [-0.25, -0.2) is 0 Å². The van der Waals surface area contributed by atoms with Gasteiger partial charge in [0.2, 0.25) is 0 Å². The van der Waals surface area contributed by atoms with E-state index in [4.69, 9.17) is 16.3 Å². The Morgan fingerprint density at radius 3 is 2.74 bits per heavy atom. The number of anilines is 1. The Labute approximate surface area is 114 Å². The van der Waals surface area contributed by atoms with Crippen molar-refractivity contribution in [1.82, 2.24) is 0 Å². The summed E-state index contributed by atoms with van der Waals surface area (Å²) in [6, 6.07) is 3.32. The van der Waals surface area contributed by atoms with Crippen molar-refractivity contribution in [3.05, 3.63) is 28.8 Å². The van der Waals surface area contributed by atoms with E-state index in [9.17, 15) is 13.2 Å². The molecule has 1 N–H and O–H groups in total. The van der Waals surface area contributed by atoms with E-state index in [1.807, 2.05) is 6.92 Å². The fourth-order valence-corrected chi connectivity index (χ4v) is 2.29. The Morgan fingerprint density at radius 2 is 2.16 bits per heavy atom. The van der Waals surface area contributed by atoms with Gasteiger partial charge < -0.3 is 10.1 Å². The Balaban J connectivity index is 2.14. The molecular weight excluding hydrogens is 279 g/mol. The molecule has 2 nitrogen and oxygen atoms in total. The topological polar surface area (TPSA) is 21.3 Å². The number of ether oxygens (including phenoxy) is 1. The minimum absolute atomic E-state index is 0.0171. The Bertz CT molecular complexity index is 444. The first-order chi connectivity index (χ1) is 8.88. The highest BCUT2D eigenvalue weighted by Crippen LogP contribution is 2.34. The number of halogens is 4. The van der Waals surface area contributed by atoms with Crippen LogP contribution in [-0.4, -0.2) is 19.3 Å². The van der Waals surface area contributed by atoms with Crippen LogP contribution in [0.25, 0.3) is 0 Å². The van der Waals surface area contributed by atoms with Crippen molar-refractivity contribution in [2.24, 2.45) is 5.92 Å². The summed E-state index contributed by atoms with van der Waals surface area (Å²) in [6.45, 7) is 3.26. The van der Waals surface area contributed by atoms with Crippen LogP contribution in [0, 0.1) is 5.92 Å². The third-order valence-corrected chi connectivity index (χ3v) is 3.68. The molecule has 2 atom stereocenters. The molecule has 2 unspecified atom stereocenters. The van der Waals surface area contributed by atoms with Crippen LogP contribution in [0.1, 0.15) is 18.9 Å². The molecule has 19 heavy (non-hydrogen) atoms. The van der Waals surface area contributed by atoms with Gasteiger partial charge in [-0.1, -0.05) is 11.6 Å². The summed E-state index contributed by atoms with van der Waals surface area (Å²) < 4.78 is 43.2. The zero-order valence-electron chi connectivity index (χ0n) is 10.4. The molecule has 1 fully saturated rings. The van der Waals surface area contributed by atoms with Crippen molar-refractivity contribution in [3.63, 3.8) is 0 Å². The second-order valence-corrected chi connectivity index (χ2v) is 5.16. The summed E-state index contributed by atoms with van der Waals surface area (Å²) >= 11 is 5.94. The molecule has 6 heteroatoms. The quantitative estimate of drug-likeness (QED) is 0.902. The first-order valence-electron chi connectivity index (χ1n) is 6.09. The highest BCUT2D eigenvalue weighted by atomic mass is 35.5. The molecule has 0 bridgehead atoms. The molecule has 0 aliphatic carbocycles. The molecule has 0 saturated carbocycles. The average molecular weight is 294 g/mol. The summed E-state index contributed by atoms with van der Waals surface area (Å²) in [4.78, 5) is 0. The van der Waals surface area contributed by atoms with Crippen LogP contribution in [-0.2, 0) is 10.9 Å². The molecule has 1 aromatic carbocycles. The highest BCUT2D eigenvalue weighted by Gasteiger charge is 2.31. The molecule has 1 aliphatic heterocycles. The second-order valence-electron chi connectivity index (χ2n) is 4.75. The molecule has 0 spiro atoms. The molecule has 1 aromatic rings. The molecule has 2 rings (SSSR count). The minimum Gasteiger partial charge on any atom is -0.381 e. The van der Waals surface area contributed by atoms with Crippen LogP contribution >= 0.6 is 11.6 Å². The smallest absolute Gasteiger partial charge is 0.381 e. The standard InChI is InChI=1S/C13H15ClF3NO/c1-8(9-4-5-19-7-9)18-12-6-10(13(15,16)17)2-3-11(12)14/h2-3,6,8-9,18H,4-5,7H2,1H3. The van der Waals surface area contributed by atoms with Gasteiger partial charge in [0, 0.05) is 18.6 Å². The Kier molecular flexibility index (Phi) is 4.26. The predicted molar refractivity (Wildman–Crippen MR) is 68.5 cm³/mol. The van der Waals surface area contributed by atoms with Crippen molar-refractivity contribution in [1.29, 1.82) is 0 Å². The van der Waals surface area contributed by atoms with Gasteiger partial charge in [0.25, 0.3) is 0 Å². The van der Waals surface area contributed by atoms with Gasteiger partial charge >= 0.3 is 6.18 Å². The summed E-state index contributed by atoms with van der Waals surface area (Å²) in [5.74, 6) is 0.297. The molecule has 1 saturated heterocycles. The van der Waals surface area contributed by atoms with Crippen molar-refractivity contribution >= 4 is 17.3 Å². The van der Waals surface area contributed by atoms with Crippen molar-refractivity contribution in [2.75, 3.05) is 18.5 Å². The number of benzene rings is 1. The van der Waals surface area contributed by atoms with Crippen molar-refractivity contribution < 1.29 is 17.9 Å². The summed E-state index contributed by atoms with van der Waals surface area (Å²) in [5, 5.41) is 3.34. The van der Waals surface area contributed by atoms with Crippen LogP contribution in [0.3, 0.4) is 0 Å². The lowest BCUT2D eigenvalue weighted by Crippen LogP contribution is -2.26. The first kappa shape index (κ1) is 14.5. The largest absolute Gasteiger partial charge is 0.416 e. The maximum absolute atomic E-state index is 12.6. The number of hydrogen-bond acceptors (Lipinski definition) is 2. The fourth-order valence-electron chi connectivity index (χ4n) is 2.12. The SMILES string of the molecule is CC(Nc1cc(C(F)(F)F)ccc1Cl)C1CCOC1. The van der Waals surface area contributed by atoms with Gasteiger partial charge in [-0.15, -0.1) is 0 Å². The van der Waals surface area contributed by atoms with Gasteiger partial charge in [-0.05, 0) is 31.5 Å². The summed E-state index contributed by atoms with van der Waals surface area (Å²) in [5.41, 5.74) is -0.384. The Morgan fingerprint density at radius 1 is 1.42 bits per heavy atom. The van der Waals surface area contributed by atoms with Crippen molar-refractivity contribution in [2.45, 2.75) is 25.6 Å². The molecule has 1 heterocycles. The van der Waals surface area contributed by atoms with Crippen molar-refractivity contribution in [3.8, 4) is 0 Å². The van der Waals surface area contributed by atoms with Gasteiger partial charge in [0.05, 0.1) is 22.9 Å². The van der Waals surface area contributed by atoms with Crippen LogP contribution in [0.4, 0.5) is 18.9 Å². The number of rotatable bonds is 3. The van der Waals surface area contributed by atoms with E-state index in [1.54, 1.807) is 0 Å². The third-order valence-electron chi connectivity index (χ3n) is 3.35. The lowest BCUT2D eigenvalue weighted by Gasteiger charge is -2.22. The maximum Gasteiger partial charge on any atom is 0.416 e. The summed E-state index contributed by atoms with van der Waals surface area (Å²) in [7, 11) is 0. The normalized spacial score (nSPS) is 21.4. The van der Waals surface area contributed by atoms with E-state index in [-0.39, 0.29) is 6.04 Å². The lowest BCUT2D eigenvalue weighted by molar-refractivity contribution is -0.137. The van der Waals surface area contributed by atoms with Gasteiger partial charge in [-0.3, -0.25) is 0 Å². The van der Waals surface area contributed by atoms with Crippen LogP contribution in [0.2, 0.25) is 5.02 Å². The minimum atomic E-state index is -4.36. The van der Waals surface area contributed by atoms with E-state index >= 15 is 0 Å². The fraction of sp³-hybridized carbons (Fsp3) is 0.538. The average Bonchev–Trinajstić information content (AvgIpc) is 2.84. The van der Waals surface area contributed by atoms with Crippen LogP contribution in [0.15, 0.2) is 18.2 Å². The van der Waals surface area contributed by atoms with Gasteiger partial charge in [-0.2, -0.15) is 13.2 Å². The molecule has 0 aromatic heterocycles. The van der Waals surface area contributed by atoms with E-state index in [2.05, 4.69) is 5.32 Å². The van der Waals surface area contributed by atoms with Gasteiger partial charge in [0.15, 0.2) is 0 Å². The Hall–Kier alpha value is -0.940. The van der Waals surface area contributed by atoms with E-state index in [1.165, 1.54) is 6.07 Å². The number of hydrogen-bond donors (Lipinski definition) is 1. The molecule has 0 radical (unpaired) electrons. The molecule has 1 aliphatic rings. The summed E-state index contributed by atoms with van der Waals surface area (Å²) in [6.07, 6.45) is -3.45. The van der Waals surface area contributed by atoms with E-state index in [0.29, 0.717) is 29.8 Å². The van der Waals surface area contributed by atoms with Gasteiger partial charge in [0.1, 0.15) is 0 Å². The number of nitrogens with one attached hydrogen (secondary N) is 1. The third kappa shape index (κ3) is 3.54. The van der Waals surface area contributed by atoms with E-state index < -0.39 is 11.7 Å². The second kappa shape index (κ2) is 5.59. The lowest BCUT2D eigenvalue weighted by atomic mass is 10.0. The number of alkyl halides is 3. The molecule has 0 amide bonds.